The normalized spacial score (nSPS) is 28.1. The van der Waals surface area contributed by atoms with E-state index in [-0.39, 0.29) is 12.3 Å². The predicted molar refractivity (Wildman–Crippen MR) is 135 cm³/mol. The number of carbonyl (C=O) groups is 2. The number of fused-ring (bicyclic) bond motifs is 2. The molecular formula is C26H31ClN4O5. The van der Waals surface area contributed by atoms with E-state index in [1.165, 1.54) is 7.11 Å². The lowest BCUT2D eigenvalue weighted by atomic mass is 9.58. The number of rotatable bonds is 6. The molecule has 2 aliphatic heterocycles. The molecule has 0 amide bonds. The summed E-state index contributed by atoms with van der Waals surface area (Å²) in [7, 11) is 1.45. The summed E-state index contributed by atoms with van der Waals surface area (Å²) in [6.07, 6.45) is 3.73. The molecule has 2 N–H and O–H groups in total. The van der Waals surface area contributed by atoms with Crippen LogP contribution >= 0.6 is 11.6 Å². The van der Waals surface area contributed by atoms with Crippen molar-refractivity contribution in [2.75, 3.05) is 13.7 Å². The molecule has 0 saturated heterocycles. The Morgan fingerprint density at radius 1 is 1.22 bits per heavy atom. The predicted octanol–water partition coefficient (Wildman–Crippen LogP) is 4.24. The number of methoxy groups -OCH3 is 1. The lowest BCUT2D eigenvalue weighted by molar-refractivity contribution is -0.155. The highest BCUT2D eigenvalue weighted by Crippen LogP contribution is 2.55. The van der Waals surface area contributed by atoms with Crippen LogP contribution in [0.15, 0.2) is 35.1 Å². The van der Waals surface area contributed by atoms with E-state index < -0.39 is 34.2 Å². The Morgan fingerprint density at radius 3 is 2.47 bits per heavy atom. The summed E-state index contributed by atoms with van der Waals surface area (Å²) >= 11 is 6.25. The molecule has 0 bridgehead atoms. The molecule has 5 rings (SSSR count). The van der Waals surface area contributed by atoms with Gasteiger partial charge in [0.15, 0.2) is 0 Å². The minimum atomic E-state index is -1.53. The van der Waals surface area contributed by atoms with Crippen LogP contribution in [0.5, 0.6) is 0 Å². The molecule has 2 aromatic heterocycles. The summed E-state index contributed by atoms with van der Waals surface area (Å²) in [4.78, 5) is 30.2. The van der Waals surface area contributed by atoms with Gasteiger partial charge >= 0.3 is 11.9 Å². The molecule has 10 heteroatoms. The molecule has 0 spiro atoms. The zero-order chi connectivity index (χ0) is 26.2. The first-order chi connectivity index (χ1) is 16.8. The van der Waals surface area contributed by atoms with E-state index in [2.05, 4.69) is 4.98 Å². The Morgan fingerprint density at radius 2 is 1.92 bits per heavy atom. The molecule has 0 radical (unpaired) electrons. The Balaban J connectivity index is 1.81. The van der Waals surface area contributed by atoms with Crippen LogP contribution in [-0.4, -0.2) is 62.1 Å². The van der Waals surface area contributed by atoms with Gasteiger partial charge in [-0.05, 0) is 55.4 Å². The SMILES string of the molecule is COC1=CC(C)(C(=O)O)CN2N=C(c3cc4ccc(Cl)nc4n3CC3CC3)C(C(=O)O)(C(C)(C)C)C12. The lowest BCUT2D eigenvalue weighted by Crippen LogP contribution is -2.61. The number of aliphatic carboxylic acids is 2. The third-order valence-corrected chi connectivity index (χ3v) is 8.08. The Hall–Kier alpha value is -3.07. The molecule has 4 heterocycles. The highest BCUT2D eigenvalue weighted by Gasteiger charge is 2.67. The summed E-state index contributed by atoms with van der Waals surface area (Å²) in [5.41, 5.74) is -1.93. The van der Waals surface area contributed by atoms with Crippen LogP contribution in [0, 0.1) is 22.2 Å². The van der Waals surface area contributed by atoms with Crippen molar-refractivity contribution >= 4 is 40.3 Å². The van der Waals surface area contributed by atoms with Crippen molar-refractivity contribution in [3.8, 4) is 0 Å². The highest BCUT2D eigenvalue weighted by atomic mass is 35.5. The van der Waals surface area contributed by atoms with Gasteiger partial charge in [0.05, 0.1) is 19.3 Å². The number of ether oxygens (including phenoxy) is 1. The maximum atomic E-state index is 13.4. The van der Waals surface area contributed by atoms with Crippen molar-refractivity contribution in [2.45, 2.75) is 53.1 Å². The second-order valence-electron chi connectivity index (χ2n) is 11.4. The number of carboxylic acids is 2. The molecule has 0 aromatic carbocycles. The molecule has 9 nitrogen and oxygen atoms in total. The van der Waals surface area contributed by atoms with E-state index in [0.717, 1.165) is 18.2 Å². The van der Waals surface area contributed by atoms with Crippen molar-refractivity contribution in [1.82, 2.24) is 14.6 Å². The number of hydrogen-bond acceptors (Lipinski definition) is 6. The second-order valence-corrected chi connectivity index (χ2v) is 11.8. The number of nitrogens with zero attached hydrogens (tertiary/aromatic N) is 4. The molecule has 36 heavy (non-hydrogen) atoms. The van der Waals surface area contributed by atoms with Gasteiger partial charge in [-0.3, -0.25) is 14.6 Å². The Bertz CT molecular complexity index is 1340. The average Bonchev–Trinajstić information content (AvgIpc) is 3.44. The van der Waals surface area contributed by atoms with E-state index >= 15 is 0 Å². The van der Waals surface area contributed by atoms with Crippen LogP contribution in [0.4, 0.5) is 0 Å². The van der Waals surface area contributed by atoms with Gasteiger partial charge < -0.3 is 19.5 Å². The van der Waals surface area contributed by atoms with Gasteiger partial charge in [-0.2, -0.15) is 5.10 Å². The van der Waals surface area contributed by atoms with Gasteiger partial charge in [0.2, 0.25) is 0 Å². The quantitative estimate of drug-likeness (QED) is 0.553. The minimum absolute atomic E-state index is 0.0153. The van der Waals surface area contributed by atoms with E-state index in [4.69, 9.17) is 21.4 Å². The van der Waals surface area contributed by atoms with Gasteiger partial charge in [0.1, 0.15) is 39.1 Å². The van der Waals surface area contributed by atoms with Gasteiger partial charge in [-0.15, -0.1) is 0 Å². The van der Waals surface area contributed by atoms with Crippen molar-refractivity contribution < 1.29 is 24.5 Å². The Labute approximate surface area is 214 Å². The molecule has 3 unspecified atom stereocenters. The molecule has 2 aromatic rings. The standard InChI is InChI=1S/C26H31ClN4O5/c1-24(2,3)26(23(34)35)19(29-31-13-25(4,22(32)33)11-17(36-5)20(26)31)16-10-15-8-9-18(27)28-21(15)30(16)12-14-6-7-14/h8-11,14,20H,6-7,12-13H2,1-5H3,(H,32,33)(H,34,35). The summed E-state index contributed by atoms with van der Waals surface area (Å²) in [5, 5.41) is 28.6. The van der Waals surface area contributed by atoms with Crippen molar-refractivity contribution in [3.63, 3.8) is 0 Å². The molecule has 1 saturated carbocycles. The van der Waals surface area contributed by atoms with Crippen LogP contribution in [0.1, 0.15) is 46.2 Å². The third kappa shape index (κ3) is 3.43. The van der Waals surface area contributed by atoms with Crippen LogP contribution in [-0.2, 0) is 20.9 Å². The maximum absolute atomic E-state index is 13.4. The van der Waals surface area contributed by atoms with Crippen LogP contribution in [0.2, 0.25) is 5.15 Å². The zero-order valence-electron chi connectivity index (χ0n) is 21.1. The summed E-state index contributed by atoms with van der Waals surface area (Å²) < 4.78 is 7.73. The molecular weight excluding hydrogens is 484 g/mol. The topological polar surface area (TPSA) is 117 Å². The van der Waals surface area contributed by atoms with E-state index in [0.29, 0.717) is 34.7 Å². The van der Waals surface area contributed by atoms with E-state index in [1.807, 2.05) is 37.5 Å². The molecule has 1 aliphatic carbocycles. The fourth-order valence-electron chi connectivity index (χ4n) is 5.78. The number of halogens is 1. The smallest absolute Gasteiger partial charge is 0.319 e. The van der Waals surface area contributed by atoms with Gasteiger partial charge in [0, 0.05) is 11.9 Å². The van der Waals surface area contributed by atoms with Crippen molar-refractivity contribution in [1.29, 1.82) is 0 Å². The third-order valence-electron chi connectivity index (χ3n) is 7.87. The van der Waals surface area contributed by atoms with Crippen LogP contribution in [0.3, 0.4) is 0 Å². The molecule has 3 aliphatic rings. The first-order valence-electron chi connectivity index (χ1n) is 12.1. The van der Waals surface area contributed by atoms with Gasteiger partial charge in [-0.25, -0.2) is 4.98 Å². The largest absolute Gasteiger partial charge is 0.499 e. The average molecular weight is 515 g/mol. The minimum Gasteiger partial charge on any atom is -0.499 e. The lowest BCUT2D eigenvalue weighted by Gasteiger charge is -2.47. The first-order valence-corrected chi connectivity index (χ1v) is 12.5. The molecule has 192 valence electrons. The number of pyridine rings is 1. The van der Waals surface area contributed by atoms with Crippen molar-refractivity contribution in [3.05, 3.63) is 40.9 Å². The van der Waals surface area contributed by atoms with E-state index in [9.17, 15) is 19.8 Å². The molecule has 1 fully saturated rings. The Kier molecular flexibility index (Phi) is 5.45. The summed E-state index contributed by atoms with van der Waals surface area (Å²) in [5.74, 6) is -1.31. The maximum Gasteiger partial charge on any atom is 0.319 e. The fraction of sp³-hybridized carbons (Fsp3) is 0.538. The summed E-state index contributed by atoms with van der Waals surface area (Å²) in [6.45, 7) is 7.91. The highest BCUT2D eigenvalue weighted by molar-refractivity contribution is 6.29. The number of aromatic nitrogens is 2. The monoisotopic (exact) mass is 514 g/mol. The second kappa shape index (κ2) is 7.96. The van der Waals surface area contributed by atoms with E-state index in [1.54, 1.807) is 24.1 Å². The number of hydrazone groups is 1. The zero-order valence-corrected chi connectivity index (χ0v) is 21.8. The first kappa shape index (κ1) is 24.6. The van der Waals surface area contributed by atoms with Gasteiger partial charge in [-0.1, -0.05) is 32.4 Å². The van der Waals surface area contributed by atoms with Crippen LogP contribution in [0.25, 0.3) is 11.0 Å². The number of hydrogen-bond donors (Lipinski definition) is 2. The van der Waals surface area contributed by atoms with Gasteiger partial charge in [0.25, 0.3) is 0 Å². The fourth-order valence-corrected chi connectivity index (χ4v) is 5.92. The number of carboxylic acid groups (broad SMARTS) is 2. The van der Waals surface area contributed by atoms with Crippen LogP contribution < -0.4 is 0 Å². The van der Waals surface area contributed by atoms with Crippen molar-refractivity contribution in [2.24, 2.45) is 27.3 Å². The molecule has 3 atom stereocenters. The summed E-state index contributed by atoms with van der Waals surface area (Å²) in [6, 6.07) is 4.70.